The zero-order valence-corrected chi connectivity index (χ0v) is 32.0. The van der Waals surface area contributed by atoms with Gasteiger partial charge in [-0.2, -0.15) is 13.2 Å². The number of halogens is 4. The van der Waals surface area contributed by atoms with E-state index < -0.39 is 52.9 Å². The Balaban J connectivity index is 1.37. The van der Waals surface area contributed by atoms with E-state index in [1.807, 2.05) is 56.5 Å². The summed E-state index contributed by atoms with van der Waals surface area (Å²) in [5.41, 5.74) is 0.422. The number of hydrogen-bond acceptors (Lipinski definition) is 5. The van der Waals surface area contributed by atoms with Gasteiger partial charge in [0.2, 0.25) is 17.7 Å². The highest BCUT2D eigenvalue weighted by atomic mass is 32.1. The average Bonchev–Trinajstić information content (AvgIpc) is 3.81. The van der Waals surface area contributed by atoms with Crippen molar-refractivity contribution < 1.29 is 31.9 Å². The van der Waals surface area contributed by atoms with Crippen molar-refractivity contribution in [1.29, 1.82) is 0 Å². The molecule has 1 aliphatic rings. The third-order valence-electron chi connectivity index (χ3n) is 10.9. The van der Waals surface area contributed by atoms with Gasteiger partial charge in [0.15, 0.2) is 0 Å². The molecule has 0 saturated heterocycles. The maximum Gasteiger partial charge on any atom is 0.418 e. The van der Waals surface area contributed by atoms with E-state index in [9.17, 15) is 31.9 Å². The van der Waals surface area contributed by atoms with Crippen molar-refractivity contribution in [2.45, 2.75) is 90.0 Å². The average molecular weight is 776 g/mol. The Labute approximate surface area is 321 Å². The lowest BCUT2D eigenvalue weighted by Crippen LogP contribution is -2.65. The summed E-state index contributed by atoms with van der Waals surface area (Å²) < 4.78 is 56.8. The normalized spacial score (nSPS) is 17.8. The number of rotatable bonds is 13. The van der Waals surface area contributed by atoms with Crippen LogP contribution < -0.4 is 16.0 Å². The number of fused-ring (bicyclic) bond motifs is 3. The molecule has 290 valence electrons. The lowest BCUT2D eigenvalue weighted by atomic mass is 9.78. The number of benzene rings is 3. The largest absolute Gasteiger partial charge is 0.418 e. The lowest BCUT2D eigenvalue weighted by Gasteiger charge is -2.39. The van der Waals surface area contributed by atoms with Gasteiger partial charge in [0, 0.05) is 28.4 Å². The molecule has 0 aliphatic heterocycles. The molecule has 4 N–H and O–H groups in total. The van der Waals surface area contributed by atoms with Gasteiger partial charge in [-0.3, -0.25) is 14.4 Å². The minimum atomic E-state index is -4.62. The van der Waals surface area contributed by atoms with Crippen LogP contribution in [0.15, 0.2) is 78.2 Å². The van der Waals surface area contributed by atoms with Gasteiger partial charge in [-0.25, -0.2) is 9.37 Å². The second kappa shape index (κ2) is 16.4. The van der Waals surface area contributed by atoms with Gasteiger partial charge in [-0.15, -0.1) is 11.3 Å². The smallest absolute Gasteiger partial charge is 0.358 e. The maximum absolute atomic E-state index is 14.9. The van der Waals surface area contributed by atoms with E-state index in [2.05, 4.69) is 20.9 Å². The van der Waals surface area contributed by atoms with E-state index >= 15 is 0 Å². The second-order valence-electron chi connectivity index (χ2n) is 14.5. The Kier molecular flexibility index (Phi) is 11.8. The van der Waals surface area contributed by atoms with E-state index in [1.54, 1.807) is 19.1 Å². The fourth-order valence-electron chi connectivity index (χ4n) is 7.25. The number of hydrogen-bond donors (Lipinski definition) is 4. The molecular weight excluding hydrogens is 731 g/mol. The van der Waals surface area contributed by atoms with E-state index in [0.717, 1.165) is 17.3 Å². The number of amides is 3. The van der Waals surface area contributed by atoms with Crippen LogP contribution in [0.1, 0.15) is 80.4 Å². The van der Waals surface area contributed by atoms with Gasteiger partial charge < -0.3 is 20.9 Å². The van der Waals surface area contributed by atoms with Crippen LogP contribution in [0.2, 0.25) is 0 Å². The molecule has 8 nitrogen and oxygen atoms in total. The molecule has 0 spiro atoms. The van der Waals surface area contributed by atoms with Crippen LogP contribution in [-0.2, 0) is 39.8 Å². The third-order valence-corrected chi connectivity index (χ3v) is 11.8. The van der Waals surface area contributed by atoms with Crippen LogP contribution in [0.25, 0.3) is 22.2 Å². The maximum atomic E-state index is 14.9. The van der Waals surface area contributed by atoms with Gasteiger partial charge in [0.05, 0.1) is 29.2 Å². The molecule has 0 fully saturated rings. The molecule has 0 saturated carbocycles. The lowest BCUT2D eigenvalue weighted by molar-refractivity contribution is -0.137. The monoisotopic (exact) mass is 775 g/mol. The van der Waals surface area contributed by atoms with Crippen molar-refractivity contribution in [2.24, 2.45) is 11.8 Å². The molecule has 6 rings (SSSR count). The summed E-state index contributed by atoms with van der Waals surface area (Å²) in [6, 6.07) is 17.9. The summed E-state index contributed by atoms with van der Waals surface area (Å²) in [5, 5.41) is 11.9. The second-order valence-corrected chi connectivity index (χ2v) is 15.4. The van der Waals surface area contributed by atoms with Gasteiger partial charge in [-0.1, -0.05) is 101 Å². The number of alkyl halides is 3. The number of aromatic amines is 1. The Hall–Kier alpha value is -5.04. The molecule has 13 heteroatoms. The third kappa shape index (κ3) is 8.46. The quantitative estimate of drug-likeness (QED) is 0.0899. The summed E-state index contributed by atoms with van der Waals surface area (Å²) >= 11 is 1.41. The van der Waals surface area contributed by atoms with Gasteiger partial charge in [-0.05, 0) is 47.9 Å². The van der Waals surface area contributed by atoms with Crippen molar-refractivity contribution in [3.05, 3.63) is 111 Å². The number of aromatic nitrogens is 2. The topological polar surface area (TPSA) is 116 Å². The van der Waals surface area contributed by atoms with Gasteiger partial charge in [0.25, 0.3) is 0 Å². The van der Waals surface area contributed by atoms with E-state index in [1.165, 1.54) is 35.6 Å². The molecule has 0 unspecified atom stereocenters. The van der Waals surface area contributed by atoms with E-state index in [0.29, 0.717) is 34.5 Å². The van der Waals surface area contributed by atoms with Crippen LogP contribution in [0.4, 0.5) is 17.6 Å². The first kappa shape index (κ1) is 39.6. The van der Waals surface area contributed by atoms with Crippen LogP contribution in [-0.4, -0.2) is 39.3 Å². The molecule has 55 heavy (non-hydrogen) atoms. The highest BCUT2D eigenvalue weighted by molar-refractivity contribution is 7.10. The Morgan fingerprint density at radius 2 is 1.64 bits per heavy atom. The van der Waals surface area contributed by atoms with Crippen LogP contribution >= 0.6 is 11.3 Å². The highest BCUT2D eigenvalue weighted by Gasteiger charge is 2.47. The first-order valence-electron chi connectivity index (χ1n) is 18.6. The predicted molar refractivity (Wildman–Crippen MR) is 206 cm³/mol. The van der Waals surface area contributed by atoms with E-state index in [4.69, 9.17) is 4.98 Å². The Morgan fingerprint density at radius 1 is 0.927 bits per heavy atom. The van der Waals surface area contributed by atoms with Crippen molar-refractivity contribution in [3.63, 3.8) is 0 Å². The minimum absolute atomic E-state index is 0.0707. The first-order valence-corrected chi connectivity index (χ1v) is 19.5. The number of para-hydroxylation sites is 1. The summed E-state index contributed by atoms with van der Waals surface area (Å²) in [7, 11) is 0. The van der Waals surface area contributed by atoms with Crippen LogP contribution in [0, 0.1) is 17.7 Å². The summed E-state index contributed by atoms with van der Waals surface area (Å²) in [6.45, 7) is 7.66. The first-order chi connectivity index (χ1) is 26.2. The van der Waals surface area contributed by atoms with Gasteiger partial charge >= 0.3 is 6.18 Å². The summed E-state index contributed by atoms with van der Waals surface area (Å²) in [4.78, 5) is 50.5. The summed E-state index contributed by atoms with van der Waals surface area (Å²) in [5.74, 6) is -2.69. The predicted octanol–water partition coefficient (Wildman–Crippen LogP) is 8.47. The number of carbonyl (C=O) groups is 3. The molecule has 0 bridgehead atoms. The Bertz CT molecular complexity index is 2170. The number of thiazole rings is 1. The summed E-state index contributed by atoms with van der Waals surface area (Å²) in [6.07, 6.45) is -3.58. The highest BCUT2D eigenvalue weighted by Crippen LogP contribution is 2.41. The fourth-order valence-corrected chi connectivity index (χ4v) is 8.26. The zero-order chi connectivity index (χ0) is 39.5. The van der Waals surface area contributed by atoms with Crippen molar-refractivity contribution in [2.75, 3.05) is 0 Å². The standard InChI is InChI=1S/C42H45F4N5O3S/c1-5-24(3)35(49-34(52)21-27-15-10-11-18-31(27)43)38(53)51-41(20-19-32-29(22-41)28-16-12-17-30(37(28)47-32)42(44,45)46)40(54)50-36(25(4)6-2)39-48-33(23-55-39)26-13-8-7-9-14-26/h7-18,23-25,35-36,47H,5-6,19-22H2,1-4H3,(H,49,52)(H,50,54)(H,51,53)/t24-,25-,35-,36-,41+/m0/s1. The SMILES string of the molecule is CC[C@H](C)[C@H](NC(=O)Cc1ccccc1F)C(=O)N[C@]1(C(=O)N[C@H](c2nc(-c3ccccc3)cs2)[C@@H](C)CC)CCc2[nH]c3c(C(F)(F)F)cccc3c2C1. The molecular formula is C42H45F4N5O3S. The number of carbonyl (C=O) groups excluding carboxylic acids is 3. The van der Waals surface area contributed by atoms with Gasteiger partial charge in [0.1, 0.15) is 22.4 Å². The van der Waals surface area contributed by atoms with E-state index in [-0.39, 0.29) is 48.6 Å². The number of nitrogens with one attached hydrogen (secondary N) is 4. The molecule has 3 aromatic carbocycles. The number of nitrogens with zero attached hydrogens (tertiary/aromatic N) is 1. The molecule has 2 heterocycles. The molecule has 1 aliphatic carbocycles. The molecule has 5 aromatic rings. The number of H-pyrrole nitrogens is 1. The van der Waals surface area contributed by atoms with Crippen molar-refractivity contribution in [1.82, 2.24) is 25.9 Å². The Morgan fingerprint density at radius 3 is 2.33 bits per heavy atom. The van der Waals surface area contributed by atoms with Crippen molar-refractivity contribution in [3.8, 4) is 11.3 Å². The minimum Gasteiger partial charge on any atom is -0.358 e. The zero-order valence-electron chi connectivity index (χ0n) is 31.1. The molecule has 5 atom stereocenters. The molecule has 0 radical (unpaired) electrons. The molecule has 3 amide bonds. The van der Waals surface area contributed by atoms with Crippen molar-refractivity contribution >= 4 is 40.0 Å². The fraction of sp³-hybridized carbons (Fsp3) is 0.381. The molecule has 2 aromatic heterocycles. The van der Waals surface area contributed by atoms with Crippen LogP contribution in [0.3, 0.4) is 0 Å². The number of aryl methyl sites for hydroxylation is 1. The van der Waals surface area contributed by atoms with Crippen LogP contribution in [0.5, 0.6) is 0 Å².